The number of carbonyl (C=O) groups excluding carboxylic acids is 1. The van der Waals surface area contributed by atoms with Crippen LogP contribution in [0.4, 0.5) is 0 Å². The standard InChI is InChI=1S/C18H28N2O7/c1-7-8-13-19-20(11(2)21)18(25-13)14-12(24-16(5,6)26-14)9-22-17(18)10-23-15(3,4)27-17/h12,14H,7-10H2,1-6H3/t12-,14-,17+,18+/m1/s1. The summed E-state index contributed by atoms with van der Waals surface area (Å²) in [4.78, 5) is 12.6. The van der Waals surface area contributed by atoms with E-state index in [0.717, 1.165) is 6.42 Å². The van der Waals surface area contributed by atoms with Crippen LogP contribution < -0.4 is 0 Å². The quantitative estimate of drug-likeness (QED) is 0.716. The molecule has 0 bridgehead atoms. The highest BCUT2D eigenvalue weighted by Gasteiger charge is 2.78. The Labute approximate surface area is 158 Å². The van der Waals surface area contributed by atoms with Gasteiger partial charge in [0.25, 0.3) is 11.5 Å². The molecule has 4 aliphatic heterocycles. The number of hydrogen-bond donors (Lipinski definition) is 0. The molecule has 2 spiro atoms. The molecule has 152 valence electrons. The number of rotatable bonds is 2. The van der Waals surface area contributed by atoms with Crippen molar-refractivity contribution in [2.24, 2.45) is 5.10 Å². The van der Waals surface area contributed by atoms with E-state index in [-0.39, 0.29) is 19.1 Å². The van der Waals surface area contributed by atoms with Crippen LogP contribution in [0.1, 0.15) is 54.4 Å². The number of carbonyl (C=O) groups is 1. The second kappa shape index (κ2) is 5.87. The second-order valence-corrected chi connectivity index (χ2v) is 8.32. The molecular formula is C18H28N2O7. The highest BCUT2D eigenvalue weighted by molar-refractivity contribution is 5.83. The van der Waals surface area contributed by atoms with Crippen molar-refractivity contribution in [3.63, 3.8) is 0 Å². The molecule has 0 aromatic heterocycles. The van der Waals surface area contributed by atoms with Gasteiger partial charge >= 0.3 is 0 Å². The Kier molecular flexibility index (Phi) is 4.15. The van der Waals surface area contributed by atoms with Crippen LogP contribution in [0, 0.1) is 0 Å². The van der Waals surface area contributed by atoms with E-state index in [1.54, 1.807) is 13.8 Å². The summed E-state index contributed by atoms with van der Waals surface area (Å²) in [5.41, 5.74) is -1.46. The zero-order chi connectivity index (χ0) is 19.7. The highest BCUT2D eigenvalue weighted by atomic mass is 16.9. The minimum absolute atomic E-state index is 0.0751. The van der Waals surface area contributed by atoms with Gasteiger partial charge in [0.05, 0.1) is 6.61 Å². The number of fused-ring (bicyclic) bond motifs is 3. The molecule has 0 aromatic rings. The molecule has 9 heteroatoms. The summed E-state index contributed by atoms with van der Waals surface area (Å²) in [5.74, 6) is -3.00. The molecule has 4 heterocycles. The maximum atomic E-state index is 12.6. The van der Waals surface area contributed by atoms with Gasteiger partial charge in [0.2, 0.25) is 11.8 Å². The monoisotopic (exact) mass is 384 g/mol. The first-order chi connectivity index (χ1) is 12.5. The van der Waals surface area contributed by atoms with Gasteiger partial charge in [0.15, 0.2) is 17.7 Å². The second-order valence-electron chi connectivity index (χ2n) is 8.32. The van der Waals surface area contributed by atoms with Crippen molar-refractivity contribution >= 4 is 11.8 Å². The lowest BCUT2D eigenvalue weighted by atomic mass is 9.88. The first-order valence-corrected chi connectivity index (χ1v) is 9.45. The van der Waals surface area contributed by atoms with E-state index in [0.29, 0.717) is 12.3 Å². The largest absolute Gasteiger partial charge is 0.442 e. The summed E-state index contributed by atoms with van der Waals surface area (Å²) >= 11 is 0. The summed E-state index contributed by atoms with van der Waals surface area (Å²) in [5, 5.41) is 5.75. The molecule has 0 N–H and O–H groups in total. The van der Waals surface area contributed by atoms with Gasteiger partial charge in [-0.1, -0.05) is 6.92 Å². The van der Waals surface area contributed by atoms with Crippen LogP contribution in [0.25, 0.3) is 0 Å². The summed E-state index contributed by atoms with van der Waals surface area (Å²) in [6.45, 7) is 11.0. The van der Waals surface area contributed by atoms with Crippen LogP contribution in [0.5, 0.6) is 0 Å². The molecule has 3 saturated heterocycles. The third-order valence-corrected chi connectivity index (χ3v) is 5.18. The van der Waals surface area contributed by atoms with E-state index in [1.165, 1.54) is 11.9 Å². The number of ether oxygens (including phenoxy) is 6. The van der Waals surface area contributed by atoms with Crippen LogP contribution in [-0.4, -0.2) is 65.3 Å². The Morgan fingerprint density at radius 2 is 1.93 bits per heavy atom. The van der Waals surface area contributed by atoms with Gasteiger partial charge in [-0.05, 0) is 34.1 Å². The van der Waals surface area contributed by atoms with Crippen molar-refractivity contribution in [3.05, 3.63) is 0 Å². The fraction of sp³-hybridized carbons (Fsp3) is 0.889. The van der Waals surface area contributed by atoms with E-state index in [1.807, 2.05) is 20.8 Å². The molecule has 1 amide bonds. The third-order valence-electron chi connectivity index (χ3n) is 5.18. The minimum Gasteiger partial charge on any atom is -0.442 e. The first kappa shape index (κ1) is 19.1. The zero-order valence-corrected chi connectivity index (χ0v) is 16.7. The SMILES string of the molecule is CCCC1=NN(C(C)=O)[C@]2(O1)[C@@H]1OC(C)(C)O[C@@H]1CO[C@]21COC(C)(C)O1. The smallest absolute Gasteiger partial charge is 0.291 e. The van der Waals surface area contributed by atoms with E-state index in [2.05, 4.69) is 5.10 Å². The molecule has 0 aromatic carbocycles. The Hall–Kier alpha value is -1.26. The number of hydrogen-bond acceptors (Lipinski definition) is 8. The van der Waals surface area contributed by atoms with Gasteiger partial charge < -0.3 is 28.4 Å². The maximum Gasteiger partial charge on any atom is 0.291 e. The van der Waals surface area contributed by atoms with E-state index in [9.17, 15) is 4.79 Å². The molecule has 0 radical (unpaired) electrons. The number of hydrazone groups is 1. The fourth-order valence-electron chi connectivity index (χ4n) is 4.26. The van der Waals surface area contributed by atoms with Crippen molar-refractivity contribution < 1.29 is 33.2 Å². The summed E-state index contributed by atoms with van der Waals surface area (Å²) in [6.07, 6.45) is 0.304. The normalized spacial score (nSPS) is 41.7. The van der Waals surface area contributed by atoms with Crippen LogP contribution >= 0.6 is 0 Å². The van der Waals surface area contributed by atoms with Crippen LogP contribution in [-0.2, 0) is 33.2 Å². The highest BCUT2D eigenvalue weighted by Crippen LogP contribution is 2.54. The molecule has 9 nitrogen and oxygen atoms in total. The average Bonchev–Trinajstić information content (AvgIpc) is 3.18. The molecular weight excluding hydrogens is 356 g/mol. The summed E-state index contributed by atoms with van der Waals surface area (Å²) in [7, 11) is 0. The zero-order valence-electron chi connectivity index (χ0n) is 16.7. The molecule has 4 aliphatic rings. The topological polar surface area (TPSA) is 88.1 Å². The molecule has 0 unspecified atom stereocenters. The maximum absolute atomic E-state index is 12.6. The fourth-order valence-corrected chi connectivity index (χ4v) is 4.26. The predicted molar refractivity (Wildman–Crippen MR) is 92.3 cm³/mol. The van der Waals surface area contributed by atoms with Crippen LogP contribution in [0.2, 0.25) is 0 Å². The molecule has 3 fully saturated rings. The molecule has 27 heavy (non-hydrogen) atoms. The van der Waals surface area contributed by atoms with Crippen LogP contribution in [0.3, 0.4) is 0 Å². The first-order valence-electron chi connectivity index (χ1n) is 9.45. The predicted octanol–water partition coefficient (Wildman–Crippen LogP) is 1.70. The lowest BCUT2D eigenvalue weighted by molar-refractivity contribution is -0.386. The third kappa shape index (κ3) is 2.71. The van der Waals surface area contributed by atoms with Gasteiger partial charge in [0.1, 0.15) is 12.7 Å². The van der Waals surface area contributed by atoms with Crippen LogP contribution in [0.15, 0.2) is 5.10 Å². The van der Waals surface area contributed by atoms with Crippen molar-refractivity contribution in [2.45, 2.75) is 89.7 Å². The molecule has 0 aliphatic carbocycles. The molecule has 4 atom stereocenters. The van der Waals surface area contributed by atoms with Gasteiger partial charge in [-0.25, -0.2) is 0 Å². The van der Waals surface area contributed by atoms with Crippen molar-refractivity contribution in [2.75, 3.05) is 13.2 Å². The van der Waals surface area contributed by atoms with Gasteiger partial charge in [-0.3, -0.25) is 4.79 Å². The van der Waals surface area contributed by atoms with Gasteiger partial charge in [-0.15, -0.1) is 5.10 Å². The Bertz CT molecular complexity index is 677. The van der Waals surface area contributed by atoms with Gasteiger partial charge in [0, 0.05) is 13.3 Å². The summed E-state index contributed by atoms with van der Waals surface area (Å²) < 4.78 is 36.8. The molecule has 4 rings (SSSR count). The van der Waals surface area contributed by atoms with Gasteiger partial charge in [-0.2, -0.15) is 5.01 Å². The number of amides is 1. The Balaban J connectivity index is 1.84. The Morgan fingerprint density at radius 3 is 2.52 bits per heavy atom. The van der Waals surface area contributed by atoms with Crippen molar-refractivity contribution in [3.8, 4) is 0 Å². The van der Waals surface area contributed by atoms with Crippen molar-refractivity contribution in [1.82, 2.24) is 5.01 Å². The van der Waals surface area contributed by atoms with E-state index in [4.69, 9.17) is 28.4 Å². The lowest BCUT2D eigenvalue weighted by Crippen LogP contribution is -2.76. The molecule has 0 saturated carbocycles. The van der Waals surface area contributed by atoms with E-state index >= 15 is 0 Å². The number of nitrogens with zero attached hydrogens (tertiary/aromatic N) is 2. The minimum atomic E-state index is -1.46. The van der Waals surface area contributed by atoms with Crippen molar-refractivity contribution in [1.29, 1.82) is 0 Å². The Morgan fingerprint density at radius 1 is 1.19 bits per heavy atom. The average molecular weight is 384 g/mol. The van der Waals surface area contributed by atoms with E-state index < -0.39 is 35.3 Å². The lowest BCUT2D eigenvalue weighted by Gasteiger charge is -2.52. The summed E-state index contributed by atoms with van der Waals surface area (Å²) in [6, 6.07) is 0.